The van der Waals surface area contributed by atoms with Crippen LogP contribution in [0.3, 0.4) is 0 Å². The van der Waals surface area contributed by atoms with Crippen LogP contribution in [-0.2, 0) is 24.1 Å². The van der Waals surface area contributed by atoms with Crippen LogP contribution in [0.2, 0.25) is 0 Å². The molecular weight excluding hydrogens is 430 g/mol. The number of benzene rings is 1. The number of thiophene rings is 1. The first kappa shape index (κ1) is 24.0. The van der Waals surface area contributed by atoms with Crippen molar-refractivity contribution in [3.05, 3.63) is 51.2 Å². The molecule has 1 aliphatic heterocycles. The standard InChI is InChI=1S/C27H37N3O2S/c1-27(2,3)21-6-9-23-20(16-21)17-24(33-23)26(32)29-22-7-4-18(5-8-22)10-13-30-14-11-19(12-15-30)25(28)31/h4-5,7-8,17,19,21H,6,9-16H2,1-3H3,(H2,28,31)(H,29,32). The van der Waals surface area contributed by atoms with Gasteiger partial charge >= 0.3 is 0 Å². The van der Waals surface area contributed by atoms with Gasteiger partial charge in [0.15, 0.2) is 0 Å². The van der Waals surface area contributed by atoms with Crippen molar-refractivity contribution >= 4 is 28.8 Å². The average Bonchev–Trinajstić information content (AvgIpc) is 3.22. The predicted molar refractivity (Wildman–Crippen MR) is 136 cm³/mol. The molecule has 2 amide bonds. The minimum absolute atomic E-state index is 0.00761. The summed E-state index contributed by atoms with van der Waals surface area (Å²) in [6.45, 7) is 9.80. The molecule has 1 fully saturated rings. The van der Waals surface area contributed by atoms with Gasteiger partial charge in [-0.1, -0.05) is 32.9 Å². The molecule has 2 aromatic rings. The summed E-state index contributed by atoms with van der Waals surface area (Å²) < 4.78 is 0. The minimum atomic E-state index is -0.163. The average molecular weight is 468 g/mol. The second kappa shape index (κ2) is 9.98. The maximum Gasteiger partial charge on any atom is 0.265 e. The Morgan fingerprint density at radius 3 is 2.45 bits per heavy atom. The fourth-order valence-corrected chi connectivity index (χ4v) is 6.15. The van der Waals surface area contributed by atoms with E-state index in [-0.39, 0.29) is 17.7 Å². The highest BCUT2D eigenvalue weighted by atomic mass is 32.1. The third kappa shape index (κ3) is 6.04. The number of nitrogens with one attached hydrogen (secondary N) is 1. The molecule has 33 heavy (non-hydrogen) atoms. The van der Waals surface area contributed by atoms with Crippen LogP contribution in [0.1, 0.15) is 65.7 Å². The van der Waals surface area contributed by atoms with Crippen molar-refractivity contribution in [2.75, 3.05) is 25.0 Å². The maximum absolute atomic E-state index is 12.9. The van der Waals surface area contributed by atoms with Gasteiger partial charge in [0.1, 0.15) is 0 Å². The van der Waals surface area contributed by atoms with Gasteiger partial charge in [0, 0.05) is 23.0 Å². The van der Waals surface area contributed by atoms with Crippen LogP contribution in [-0.4, -0.2) is 36.3 Å². The fourth-order valence-electron chi connectivity index (χ4n) is 5.05. The van der Waals surface area contributed by atoms with Gasteiger partial charge in [-0.15, -0.1) is 11.3 Å². The van der Waals surface area contributed by atoms with Gasteiger partial charge in [-0.3, -0.25) is 9.59 Å². The molecular formula is C27H37N3O2S. The van der Waals surface area contributed by atoms with E-state index in [1.54, 1.807) is 11.3 Å². The lowest BCUT2D eigenvalue weighted by Gasteiger charge is -2.33. The van der Waals surface area contributed by atoms with E-state index in [2.05, 4.69) is 49.2 Å². The number of nitrogens with zero attached hydrogens (tertiary/aromatic N) is 1. The molecule has 5 nitrogen and oxygen atoms in total. The lowest BCUT2D eigenvalue weighted by Crippen LogP contribution is -2.39. The van der Waals surface area contributed by atoms with E-state index in [0.717, 1.165) is 62.3 Å². The van der Waals surface area contributed by atoms with Gasteiger partial charge in [0.25, 0.3) is 5.91 Å². The molecule has 1 saturated heterocycles. The number of primary amides is 1. The number of rotatable bonds is 6. The van der Waals surface area contributed by atoms with Crippen LogP contribution in [0.4, 0.5) is 5.69 Å². The Labute approximate surface area is 201 Å². The van der Waals surface area contributed by atoms with Crippen LogP contribution in [0.5, 0.6) is 0 Å². The second-order valence-electron chi connectivity index (χ2n) is 10.8. The van der Waals surface area contributed by atoms with E-state index in [1.807, 2.05) is 12.1 Å². The van der Waals surface area contributed by atoms with Gasteiger partial charge in [-0.05, 0) is 92.3 Å². The number of hydrogen-bond acceptors (Lipinski definition) is 4. The number of carbonyl (C=O) groups excluding carboxylic acids is 2. The highest BCUT2D eigenvalue weighted by Crippen LogP contribution is 2.40. The minimum Gasteiger partial charge on any atom is -0.369 e. The summed E-state index contributed by atoms with van der Waals surface area (Å²) in [4.78, 5) is 28.8. The summed E-state index contributed by atoms with van der Waals surface area (Å²) in [6, 6.07) is 10.3. The number of nitrogens with two attached hydrogens (primary N) is 1. The molecule has 4 rings (SSSR count). The number of aryl methyl sites for hydroxylation is 1. The monoisotopic (exact) mass is 467 g/mol. The van der Waals surface area contributed by atoms with Crippen molar-refractivity contribution in [1.82, 2.24) is 4.90 Å². The second-order valence-corrected chi connectivity index (χ2v) is 11.9. The quantitative estimate of drug-likeness (QED) is 0.635. The van der Waals surface area contributed by atoms with Crippen molar-refractivity contribution in [1.29, 1.82) is 0 Å². The third-order valence-corrected chi connectivity index (χ3v) is 8.69. The van der Waals surface area contributed by atoms with Crippen LogP contribution < -0.4 is 11.1 Å². The third-order valence-electron chi connectivity index (χ3n) is 7.45. The van der Waals surface area contributed by atoms with Gasteiger partial charge in [0.05, 0.1) is 4.88 Å². The molecule has 1 aromatic heterocycles. The van der Waals surface area contributed by atoms with E-state index < -0.39 is 0 Å². The zero-order valence-electron chi connectivity index (χ0n) is 20.2. The van der Waals surface area contributed by atoms with Crippen LogP contribution in [0, 0.1) is 17.3 Å². The molecule has 1 unspecified atom stereocenters. The highest BCUT2D eigenvalue weighted by Gasteiger charge is 2.30. The SMILES string of the molecule is CC(C)(C)C1CCc2sc(C(=O)Nc3ccc(CCN4CCC(C(N)=O)CC4)cc3)cc2C1. The lowest BCUT2D eigenvalue weighted by atomic mass is 9.72. The van der Waals surface area contributed by atoms with Gasteiger partial charge in [-0.25, -0.2) is 0 Å². The van der Waals surface area contributed by atoms with Crippen molar-refractivity contribution < 1.29 is 9.59 Å². The summed E-state index contributed by atoms with van der Waals surface area (Å²) in [6.07, 6.45) is 6.07. The maximum atomic E-state index is 12.9. The molecule has 3 N–H and O–H groups in total. The first-order valence-electron chi connectivity index (χ1n) is 12.2. The van der Waals surface area contributed by atoms with E-state index in [1.165, 1.54) is 22.4 Å². The summed E-state index contributed by atoms with van der Waals surface area (Å²) in [5.41, 5.74) is 9.19. The molecule has 0 bridgehead atoms. The van der Waals surface area contributed by atoms with Crippen LogP contribution in [0.25, 0.3) is 0 Å². The molecule has 6 heteroatoms. The molecule has 0 radical (unpaired) electrons. The molecule has 2 heterocycles. The smallest absolute Gasteiger partial charge is 0.265 e. The molecule has 178 valence electrons. The molecule has 1 aromatic carbocycles. The summed E-state index contributed by atoms with van der Waals surface area (Å²) in [5, 5.41) is 3.07. The Morgan fingerprint density at radius 2 is 1.82 bits per heavy atom. The fraction of sp³-hybridized carbons (Fsp3) is 0.556. The number of likely N-dealkylation sites (tertiary alicyclic amines) is 1. The Balaban J connectivity index is 1.28. The number of carbonyl (C=O) groups is 2. The summed E-state index contributed by atoms with van der Waals surface area (Å²) in [7, 11) is 0. The number of piperidine rings is 1. The molecule has 1 atom stereocenters. The lowest BCUT2D eigenvalue weighted by molar-refractivity contribution is -0.123. The zero-order chi connectivity index (χ0) is 23.6. The van der Waals surface area contributed by atoms with Crippen molar-refractivity contribution in [3.63, 3.8) is 0 Å². The topological polar surface area (TPSA) is 75.4 Å². The normalized spacial score (nSPS) is 19.8. The molecule has 0 saturated carbocycles. The summed E-state index contributed by atoms with van der Waals surface area (Å²) >= 11 is 1.66. The largest absolute Gasteiger partial charge is 0.369 e. The zero-order valence-corrected chi connectivity index (χ0v) is 21.0. The van der Waals surface area contributed by atoms with Gasteiger partial charge < -0.3 is 16.0 Å². The van der Waals surface area contributed by atoms with E-state index in [0.29, 0.717) is 11.3 Å². The highest BCUT2D eigenvalue weighted by molar-refractivity contribution is 7.14. The number of amides is 2. The Bertz CT molecular complexity index is 982. The van der Waals surface area contributed by atoms with Gasteiger partial charge in [0.2, 0.25) is 5.91 Å². The first-order chi connectivity index (χ1) is 15.7. The van der Waals surface area contributed by atoms with E-state index in [9.17, 15) is 9.59 Å². The van der Waals surface area contributed by atoms with E-state index >= 15 is 0 Å². The van der Waals surface area contributed by atoms with Crippen molar-refractivity contribution in [2.24, 2.45) is 23.0 Å². The Hall–Kier alpha value is -2.18. The number of fused-ring (bicyclic) bond motifs is 1. The Morgan fingerprint density at radius 1 is 1.12 bits per heavy atom. The summed E-state index contributed by atoms with van der Waals surface area (Å²) in [5.74, 6) is 0.548. The predicted octanol–water partition coefficient (Wildman–Crippen LogP) is 4.89. The molecule has 0 spiro atoms. The molecule has 1 aliphatic carbocycles. The van der Waals surface area contributed by atoms with Crippen LogP contribution >= 0.6 is 11.3 Å². The number of hydrogen-bond donors (Lipinski definition) is 2. The number of anilines is 1. The van der Waals surface area contributed by atoms with E-state index in [4.69, 9.17) is 5.73 Å². The van der Waals surface area contributed by atoms with Gasteiger partial charge in [-0.2, -0.15) is 0 Å². The molecule has 2 aliphatic rings. The van der Waals surface area contributed by atoms with Crippen molar-refractivity contribution in [2.45, 2.75) is 59.3 Å². The van der Waals surface area contributed by atoms with Crippen molar-refractivity contribution in [3.8, 4) is 0 Å². The van der Waals surface area contributed by atoms with Crippen LogP contribution in [0.15, 0.2) is 30.3 Å². The first-order valence-corrected chi connectivity index (χ1v) is 13.0. The Kier molecular flexibility index (Phi) is 7.25.